The van der Waals surface area contributed by atoms with Gasteiger partial charge in [-0.2, -0.15) is 0 Å². The summed E-state index contributed by atoms with van der Waals surface area (Å²) < 4.78 is 27.4. The van der Waals surface area contributed by atoms with E-state index in [4.69, 9.17) is 23.7 Å². The van der Waals surface area contributed by atoms with E-state index in [-0.39, 0.29) is 6.61 Å². The second-order valence-electron chi connectivity index (χ2n) is 7.13. The van der Waals surface area contributed by atoms with Gasteiger partial charge in [0.1, 0.15) is 42.7 Å². The molecule has 0 amide bonds. The van der Waals surface area contributed by atoms with Gasteiger partial charge in [0.25, 0.3) is 0 Å². The Bertz CT molecular complexity index is 471. The van der Waals surface area contributed by atoms with Crippen LogP contribution in [-0.2, 0) is 23.7 Å². The molecular formula is C15H26O10. The zero-order valence-corrected chi connectivity index (χ0v) is 14.3. The summed E-state index contributed by atoms with van der Waals surface area (Å²) in [7, 11) is 0. The number of rotatable bonds is 2. The largest absolute Gasteiger partial charge is 0.387 e. The fourth-order valence-electron chi connectivity index (χ4n) is 3.31. The molecular weight excluding hydrogens is 340 g/mol. The second kappa shape index (κ2) is 6.97. The minimum atomic E-state index is -1.57. The van der Waals surface area contributed by atoms with E-state index in [1.165, 1.54) is 6.92 Å². The highest BCUT2D eigenvalue weighted by Gasteiger charge is 2.53. The van der Waals surface area contributed by atoms with Crippen molar-refractivity contribution in [1.29, 1.82) is 0 Å². The van der Waals surface area contributed by atoms with E-state index in [1.807, 2.05) is 0 Å². The Morgan fingerprint density at radius 1 is 0.920 bits per heavy atom. The highest BCUT2D eigenvalue weighted by molar-refractivity contribution is 4.95. The fourth-order valence-corrected chi connectivity index (χ4v) is 3.31. The second-order valence-corrected chi connectivity index (χ2v) is 7.13. The number of aliphatic hydroxyl groups excluding tert-OH is 5. The predicted octanol–water partition coefficient (Wildman–Crippen LogP) is -2.57. The molecule has 4 unspecified atom stereocenters. The molecule has 3 aliphatic heterocycles. The molecule has 10 nitrogen and oxygen atoms in total. The van der Waals surface area contributed by atoms with Gasteiger partial charge in [-0.15, -0.1) is 0 Å². The van der Waals surface area contributed by atoms with Crippen LogP contribution in [0.15, 0.2) is 0 Å². The van der Waals surface area contributed by atoms with Crippen molar-refractivity contribution in [2.24, 2.45) is 0 Å². The Morgan fingerprint density at radius 2 is 1.60 bits per heavy atom. The molecule has 3 rings (SSSR count). The van der Waals surface area contributed by atoms with Gasteiger partial charge in [0.2, 0.25) is 0 Å². The summed E-state index contributed by atoms with van der Waals surface area (Å²) in [5.74, 6) is -0.916. The maximum atomic E-state index is 10.4. The maximum Gasteiger partial charge on any atom is 0.187 e. The number of ether oxygens (including phenoxy) is 5. The first kappa shape index (κ1) is 19.4. The molecule has 0 aromatic carbocycles. The van der Waals surface area contributed by atoms with Crippen LogP contribution in [-0.4, -0.2) is 99.3 Å². The van der Waals surface area contributed by atoms with Crippen molar-refractivity contribution in [3.8, 4) is 0 Å². The number of aliphatic hydroxyl groups is 5. The minimum Gasteiger partial charge on any atom is -0.387 e. The standard InChI is InChI=1S/C15H26O10/c1-5-11(7(16)9(18)13(20)22-5)24-14-10(19)8(17)12-6(23-14)4-21-15(2,3)25-12/h5-14,16-20H,4H2,1-3H3/t5?,6?,7-,8-,9?,10?,11-,12+,13+,14-/m0/s1. The highest BCUT2D eigenvalue weighted by atomic mass is 16.8. The van der Waals surface area contributed by atoms with Crippen LogP contribution in [0.2, 0.25) is 0 Å². The zero-order chi connectivity index (χ0) is 18.5. The number of hydrogen-bond donors (Lipinski definition) is 5. The van der Waals surface area contributed by atoms with Crippen LogP contribution >= 0.6 is 0 Å². The molecule has 10 heteroatoms. The summed E-state index contributed by atoms with van der Waals surface area (Å²) in [5, 5.41) is 50.0. The van der Waals surface area contributed by atoms with Gasteiger partial charge in [-0.25, -0.2) is 0 Å². The molecule has 3 saturated heterocycles. The molecule has 25 heavy (non-hydrogen) atoms. The minimum absolute atomic E-state index is 0.127. The lowest BCUT2D eigenvalue weighted by Gasteiger charge is -2.50. The topological polar surface area (TPSA) is 147 Å². The SMILES string of the molecule is CC1O[C@@H](O)C(O)[C@H](O)[C@H]1O[C@@H]1OC2COC(C)(C)O[C@H]2[C@@H](O)C1O. The van der Waals surface area contributed by atoms with E-state index < -0.39 is 67.2 Å². The average Bonchev–Trinajstić information content (AvgIpc) is 2.54. The van der Waals surface area contributed by atoms with Crippen LogP contribution in [0.25, 0.3) is 0 Å². The van der Waals surface area contributed by atoms with Gasteiger partial charge in [-0.1, -0.05) is 0 Å². The van der Waals surface area contributed by atoms with Crippen LogP contribution in [0.4, 0.5) is 0 Å². The molecule has 0 saturated carbocycles. The smallest absolute Gasteiger partial charge is 0.187 e. The Balaban J connectivity index is 1.69. The van der Waals surface area contributed by atoms with Crippen LogP contribution < -0.4 is 0 Å². The van der Waals surface area contributed by atoms with Gasteiger partial charge in [-0.05, 0) is 20.8 Å². The van der Waals surface area contributed by atoms with Crippen molar-refractivity contribution in [1.82, 2.24) is 0 Å². The van der Waals surface area contributed by atoms with Crippen LogP contribution in [0.1, 0.15) is 20.8 Å². The van der Waals surface area contributed by atoms with Crippen LogP contribution in [0.3, 0.4) is 0 Å². The van der Waals surface area contributed by atoms with Crippen LogP contribution in [0, 0.1) is 0 Å². The third kappa shape index (κ3) is 3.69. The van der Waals surface area contributed by atoms with Crippen molar-refractivity contribution >= 4 is 0 Å². The van der Waals surface area contributed by atoms with E-state index in [0.717, 1.165) is 0 Å². The molecule has 0 aromatic rings. The molecule has 3 fully saturated rings. The third-order valence-electron chi connectivity index (χ3n) is 4.74. The number of fused-ring (bicyclic) bond motifs is 1. The van der Waals surface area contributed by atoms with Gasteiger partial charge in [0, 0.05) is 0 Å². The molecule has 3 heterocycles. The zero-order valence-electron chi connectivity index (χ0n) is 14.3. The van der Waals surface area contributed by atoms with Crippen molar-refractivity contribution in [2.45, 2.75) is 88.0 Å². The molecule has 5 N–H and O–H groups in total. The lowest BCUT2D eigenvalue weighted by molar-refractivity contribution is -0.396. The van der Waals surface area contributed by atoms with E-state index >= 15 is 0 Å². The lowest BCUT2D eigenvalue weighted by Crippen LogP contribution is -2.66. The molecule has 0 spiro atoms. The van der Waals surface area contributed by atoms with E-state index in [9.17, 15) is 25.5 Å². The van der Waals surface area contributed by atoms with Crippen LogP contribution in [0.5, 0.6) is 0 Å². The van der Waals surface area contributed by atoms with Gasteiger partial charge >= 0.3 is 0 Å². The van der Waals surface area contributed by atoms with Gasteiger partial charge in [-0.3, -0.25) is 0 Å². The van der Waals surface area contributed by atoms with Crippen molar-refractivity contribution in [3.63, 3.8) is 0 Å². The molecule has 0 aliphatic carbocycles. The summed E-state index contributed by atoms with van der Waals surface area (Å²) in [6, 6.07) is 0. The first-order chi connectivity index (χ1) is 11.6. The normalized spacial score (nSPS) is 53.3. The summed E-state index contributed by atoms with van der Waals surface area (Å²) >= 11 is 0. The Kier molecular flexibility index (Phi) is 5.40. The van der Waals surface area contributed by atoms with E-state index in [1.54, 1.807) is 13.8 Å². The Hall–Kier alpha value is -0.400. The molecule has 3 aliphatic rings. The monoisotopic (exact) mass is 366 g/mol. The quantitative estimate of drug-likeness (QED) is 0.353. The summed E-state index contributed by atoms with van der Waals surface area (Å²) in [6.07, 6.45) is -11.9. The van der Waals surface area contributed by atoms with Crippen molar-refractivity contribution in [2.75, 3.05) is 6.61 Å². The van der Waals surface area contributed by atoms with E-state index in [2.05, 4.69) is 0 Å². The number of hydrogen-bond acceptors (Lipinski definition) is 10. The van der Waals surface area contributed by atoms with Gasteiger partial charge in [0.15, 0.2) is 18.4 Å². The first-order valence-corrected chi connectivity index (χ1v) is 8.29. The summed E-state index contributed by atoms with van der Waals surface area (Å²) in [4.78, 5) is 0. The molecule has 10 atom stereocenters. The summed E-state index contributed by atoms with van der Waals surface area (Å²) in [6.45, 7) is 5.04. The predicted molar refractivity (Wildman–Crippen MR) is 79.0 cm³/mol. The average molecular weight is 366 g/mol. The fraction of sp³-hybridized carbons (Fsp3) is 1.00. The Morgan fingerprint density at radius 3 is 2.28 bits per heavy atom. The van der Waals surface area contributed by atoms with Gasteiger partial charge in [0.05, 0.1) is 12.7 Å². The summed E-state index contributed by atoms with van der Waals surface area (Å²) in [5.41, 5.74) is 0. The lowest BCUT2D eigenvalue weighted by atomic mass is 9.96. The van der Waals surface area contributed by atoms with Crippen molar-refractivity contribution < 1.29 is 49.2 Å². The third-order valence-corrected chi connectivity index (χ3v) is 4.74. The Labute approximate surface area is 144 Å². The molecule has 0 aromatic heterocycles. The van der Waals surface area contributed by atoms with E-state index in [0.29, 0.717) is 0 Å². The maximum absolute atomic E-state index is 10.4. The van der Waals surface area contributed by atoms with Crippen molar-refractivity contribution in [3.05, 3.63) is 0 Å². The molecule has 146 valence electrons. The molecule has 0 bridgehead atoms. The highest BCUT2D eigenvalue weighted by Crippen LogP contribution is 2.34. The van der Waals surface area contributed by atoms with Gasteiger partial charge < -0.3 is 49.2 Å². The first-order valence-electron chi connectivity index (χ1n) is 8.29. The molecule has 0 radical (unpaired) electrons.